The number of carbonyl (C=O) groups excluding carboxylic acids is 1. The second-order valence-electron chi connectivity index (χ2n) is 4.90. The second kappa shape index (κ2) is 6.26. The molecule has 0 fully saturated rings. The number of urea groups is 1. The Kier molecular flexibility index (Phi) is 4.00. The minimum atomic E-state index is -0.246. The van der Waals surface area contributed by atoms with Crippen LogP contribution in [0, 0.1) is 6.92 Å². The first-order valence-corrected chi connectivity index (χ1v) is 7.02. The van der Waals surface area contributed by atoms with Crippen LogP contribution in [-0.2, 0) is 6.42 Å². The van der Waals surface area contributed by atoms with Crippen molar-refractivity contribution in [1.29, 1.82) is 0 Å². The Labute approximate surface area is 127 Å². The lowest BCUT2D eigenvalue weighted by molar-refractivity contribution is 0.252. The van der Waals surface area contributed by atoms with Crippen LogP contribution >= 0.6 is 0 Å². The number of hydrogen-bond acceptors (Lipinski definition) is 4. The zero-order valence-corrected chi connectivity index (χ0v) is 12.2. The molecule has 0 unspecified atom stereocenters. The summed E-state index contributed by atoms with van der Waals surface area (Å²) in [6.45, 7) is 2.35. The number of rotatable bonds is 4. The summed E-state index contributed by atoms with van der Waals surface area (Å²) in [5.41, 5.74) is 3.24. The van der Waals surface area contributed by atoms with Gasteiger partial charge in [0.15, 0.2) is 11.5 Å². The van der Waals surface area contributed by atoms with E-state index in [0.29, 0.717) is 23.7 Å². The number of amides is 2. The first-order chi connectivity index (χ1) is 10.7. The van der Waals surface area contributed by atoms with E-state index in [-0.39, 0.29) is 6.03 Å². The van der Waals surface area contributed by atoms with Crippen LogP contribution < -0.4 is 10.6 Å². The number of oxazole rings is 1. The summed E-state index contributed by atoms with van der Waals surface area (Å²) in [6.07, 6.45) is 4.24. The van der Waals surface area contributed by atoms with Crippen molar-refractivity contribution in [3.8, 4) is 0 Å². The van der Waals surface area contributed by atoms with E-state index >= 15 is 0 Å². The van der Waals surface area contributed by atoms with Crippen molar-refractivity contribution in [1.82, 2.24) is 15.3 Å². The van der Waals surface area contributed by atoms with Gasteiger partial charge < -0.3 is 15.1 Å². The quantitative estimate of drug-likeness (QED) is 0.775. The SMILES string of the molecule is Cc1nc2ccc(NC(=O)NCCc3ccncc3)cc2o1. The average Bonchev–Trinajstić information content (AvgIpc) is 2.87. The monoisotopic (exact) mass is 296 g/mol. The van der Waals surface area contributed by atoms with Crippen LogP contribution in [-0.4, -0.2) is 22.5 Å². The molecule has 3 aromatic rings. The number of carbonyl (C=O) groups is 1. The van der Waals surface area contributed by atoms with Gasteiger partial charge in [-0.3, -0.25) is 4.98 Å². The number of aryl methyl sites for hydroxylation is 1. The Morgan fingerprint density at radius 3 is 2.86 bits per heavy atom. The molecule has 22 heavy (non-hydrogen) atoms. The molecule has 0 aliphatic heterocycles. The topological polar surface area (TPSA) is 80.0 Å². The van der Waals surface area contributed by atoms with Gasteiger partial charge in [-0.15, -0.1) is 0 Å². The Bertz CT molecular complexity index is 783. The molecule has 2 N–H and O–H groups in total. The highest BCUT2D eigenvalue weighted by Crippen LogP contribution is 2.19. The third-order valence-corrected chi connectivity index (χ3v) is 3.20. The number of nitrogens with one attached hydrogen (secondary N) is 2. The summed E-state index contributed by atoms with van der Waals surface area (Å²) >= 11 is 0. The third kappa shape index (κ3) is 3.41. The van der Waals surface area contributed by atoms with Gasteiger partial charge in [-0.05, 0) is 36.2 Å². The summed E-state index contributed by atoms with van der Waals surface area (Å²) in [5, 5.41) is 5.60. The van der Waals surface area contributed by atoms with Crippen LogP contribution in [0.5, 0.6) is 0 Å². The lowest BCUT2D eigenvalue weighted by Gasteiger charge is -2.07. The van der Waals surface area contributed by atoms with Crippen molar-refractivity contribution in [3.63, 3.8) is 0 Å². The fourth-order valence-corrected chi connectivity index (χ4v) is 2.16. The van der Waals surface area contributed by atoms with Crippen molar-refractivity contribution in [2.45, 2.75) is 13.3 Å². The van der Waals surface area contributed by atoms with Gasteiger partial charge in [-0.1, -0.05) is 0 Å². The molecule has 0 aliphatic carbocycles. The fraction of sp³-hybridized carbons (Fsp3) is 0.188. The Morgan fingerprint density at radius 2 is 2.05 bits per heavy atom. The molecule has 0 saturated carbocycles. The zero-order valence-electron chi connectivity index (χ0n) is 12.2. The lowest BCUT2D eigenvalue weighted by Crippen LogP contribution is -2.30. The molecule has 0 spiro atoms. The standard InChI is InChI=1S/C16H16N4O2/c1-11-19-14-3-2-13(10-15(14)22-11)20-16(21)18-9-6-12-4-7-17-8-5-12/h2-5,7-8,10H,6,9H2,1H3,(H2,18,20,21). The van der Waals surface area contributed by atoms with Gasteiger partial charge in [-0.2, -0.15) is 0 Å². The maximum Gasteiger partial charge on any atom is 0.319 e. The van der Waals surface area contributed by atoms with Gasteiger partial charge in [-0.25, -0.2) is 9.78 Å². The zero-order chi connectivity index (χ0) is 15.4. The van der Waals surface area contributed by atoms with E-state index in [4.69, 9.17) is 4.42 Å². The van der Waals surface area contributed by atoms with Crippen molar-refractivity contribution in [3.05, 3.63) is 54.2 Å². The number of benzene rings is 1. The molecular formula is C16H16N4O2. The number of pyridine rings is 1. The van der Waals surface area contributed by atoms with Crippen molar-refractivity contribution < 1.29 is 9.21 Å². The van der Waals surface area contributed by atoms with Gasteiger partial charge in [0, 0.05) is 37.6 Å². The van der Waals surface area contributed by atoms with Crippen LogP contribution in [0.25, 0.3) is 11.1 Å². The molecule has 0 aliphatic rings. The summed E-state index contributed by atoms with van der Waals surface area (Å²) in [6, 6.07) is 8.99. The average molecular weight is 296 g/mol. The summed E-state index contributed by atoms with van der Waals surface area (Å²) in [5.74, 6) is 0.606. The first kappa shape index (κ1) is 14.1. The van der Waals surface area contributed by atoms with E-state index in [1.54, 1.807) is 31.5 Å². The summed E-state index contributed by atoms with van der Waals surface area (Å²) in [4.78, 5) is 20.0. The van der Waals surface area contributed by atoms with Gasteiger partial charge in [0.1, 0.15) is 5.52 Å². The van der Waals surface area contributed by atoms with E-state index in [0.717, 1.165) is 17.5 Å². The maximum atomic E-state index is 11.9. The lowest BCUT2D eigenvalue weighted by atomic mass is 10.2. The van der Waals surface area contributed by atoms with Gasteiger partial charge in [0.05, 0.1) is 0 Å². The number of aromatic nitrogens is 2. The maximum absolute atomic E-state index is 11.9. The largest absolute Gasteiger partial charge is 0.441 e. The fourth-order valence-electron chi connectivity index (χ4n) is 2.16. The highest BCUT2D eigenvalue weighted by atomic mass is 16.3. The molecule has 1 aromatic carbocycles. The minimum absolute atomic E-state index is 0.246. The normalized spacial score (nSPS) is 10.6. The molecule has 2 amide bonds. The van der Waals surface area contributed by atoms with Gasteiger partial charge in [0.2, 0.25) is 0 Å². The number of anilines is 1. The smallest absolute Gasteiger partial charge is 0.319 e. The number of hydrogen-bond donors (Lipinski definition) is 2. The summed E-state index contributed by atoms with van der Waals surface area (Å²) < 4.78 is 5.44. The highest BCUT2D eigenvalue weighted by Gasteiger charge is 2.06. The Morgan fingerprint density at radius 1 is 1.23 bits per heavy atom. The summed E-state index contributed by atoms with van der Waals surface area (Å²) in [7, 11) is 0. The molecular weight excluding hydrogens is 280 g/mol. The van der Waals surface area contributed by atoms with Crippen LogP contribution in [0.15, 0.2) is 47.1 Å². The van der Waals surface area contributed by atoms with Crippen LogP contribution in [0.1, 0.15) is 11.5 Å². The molecule has 112 valence electrons. The predicted molar refractivity (Wildman–Crippen MR) is 83.7 cm³/mol. The molecule has 0 saturated heterocycles. The van der Waals surface area contributed by atoms with Crippen LogP contribution in [0.4, 0.5) is 10.5 Å². The first-order valence-electron chi connectivity index (χ1n) is 7.02. The molecule has 6 nitrogen and oxygen atoms in total. The molecule has 0 bridgehead atoms. The van der Waals surface area contributed by atoms with Crippen molar-refractivity contribution in [2.75, 3.05) is 11.9 Å². The Hall–Kier alpha value is -2.89. The van der Waals surface area contributed by atoms with E-state index in [1.807, 2.05) is 18.2 Å². The molecule has 2 heterocycles. The second-order valence-corrected chi connectivity index (χ2v) is 4.90. The molecule has 0 atom stereocenters. The number of fused-ring (bicyclic) bond motifs is 1. The van der Waals surface area contributed by atoms with Crippen LogP contribution in [0.2, 0.25) is 0 Å². The molecule has 3 rings (SSSR count). The number of nitrogens with zero attached hydrogens (tertiary/aromatic N) is 2. The third-order valence-electron chi connectivity index (χ3n) is 3.20. The molecule has 6 heteroatoms. The van der Waals surface area contributed by atoms with Crippen molar-refractivity contribution in [2.24, 2.45) is 0 Å². The Balaban J connectivity index is 1.54. The van der Waals surface area contributed by atoms with Gasteiger partial charge >= 0.3 is 6.03 Å². The van der Waals surface area contributed by atoms with E-state index < -0.39 is 0 Å². The van der Waals surface area contributed by atoms with Crippen molar-refractivity contribution >= 4 is 22.8 Å². The van der Waals surface area contributed by atoms with Crippen LogP contribution in [0.3, 0.4) is 0 Å². The highest BCUT2D eigenvalue weighted by molar-refractivity contribution is 5.91. The predicted octanol–water partition coefficient (Wildman–Crippen LogP) is 2.90. The van der Waals surface area contributed by atoms with E-state index in [9.17, 15) is 4.79 Å². The van der Waals surface area contributed by atoms with Gasteiger partial charge in [0.25, 0.3) is 0 Å². The molecule has 0 radical (unpaired) electrons. The van der Waals surface area contributed by atoms with E-state index in [2.05, 4.69) is 20.6 Å². The van der Waals surface area contributed by atoms with E-state index in [1.165, 1.54) is 0 Å². The minimum Gasteiger partial charge on any atom is -0.441 e. The molecule has 2 aromatic heterocycles.